The SMILES string of the molecule is Cc1ccc(S(=O)(=O)Oc2ccccc2/C=C(/C#N)C(=O)Nc2cc(Cl)ccc2Cl)cc1. The van der Waals surface area contributed by atoms with Crippen molar-refractivity contribution in [2.75, 3.05) is 5.32 Å². The average molecular weight is 487 g/mol. The maximum Gasteiger partial charge on any atom is 0.339 e. The minimum atomic E-state index is -4.12. The molecule has 0 aliphatic carbocycles. The summed E-state index contributed by atoms with van der Waals surface area (Å²) >= 11 is 12.0. The van der Waals surface area contributed by atoms with Crippen molar-refractivity contribution in [3.8, 4) is 11.8 Å². The van der Waals surface area contributed by atoms with Gasteiger partial charge in [-0.05, 0) is 49.4 Å². The second-order valence-corrected chi connectivity index (χ2v) is 9.03. The van der Waals surface area contributed by atoms with Gasteiger partial charge in [0.15, 0.2) is 0 Å². The molecule has 3 aromatic carbocycles. The van der Waals surface area contributed by atoms with Gasteiger partial charge in [0.25, 0.3) is 5.91 Å². The first-order valence-electron chi connectivity index (χ1n) is 9.18. The van der Waals surface area contributed by atoms with Crippen LogP contribution in [-0.4, -0.2) is 14.3 Å². The quantitative estimate of drug-likeness (QED) is 0.277. The summed E-state index contributed by atoms with van der Waals surface area (Å²) in [5.74, 6) is -0.776. The zero-order chi connectivity index (χ0) is 23.3. The highest BCUT2D eigenvalue weighted by Gasteiger charge is 2.19. The topological polar surface area (TPSA) is 96.3 Å². The Morgan fingerprint density at radius 2 is 1.75 bits per heavy atom. The van der Waals surface area contributed by atoms with Crippen LogP contribution in [-0.2, 0) is 14.9 Å². The molecule has 1 amide bonds. The molecule has 9 heteroatoms. The zero-order valence-corrected chi connectivity index (χ0v) is 19.0. The summed E-state index contributed by atoms with van der Waals surface area (Å²) in [5.41, 5.74) is 1.07. The van der Waals surface area contributed by atoms with Gasteiger partial charge in [0, 0.05) is 10.6 Å². The molecule has 0 fully saturated rings. The predicted octanol–water partition coefficient (Wildman–Crippen LogP) is 5.62. The zero-order valence-electron chi connectivity index (χ0n) is 16.7. The Labute approximate surface area is 195 Å². The second kappa shape index (κ2) is 9.88. The molecule has 0 unspecified atom stereocenters. The average Bonchev–Trinajstić information content (AvgIpc) is 2.75. The molecule has 6 nitrogen and oxygen atoms in total. The monoisotopic (exact) mass is 486 g/mol. The van der Waals surface area contributed by atoms with Crippen molar-refractivity contribution in [3.05, 3.63) is 93.5 Å². The first-order chi connectivity index (χ1) is 15.2. The number of rotatable bonds is 6. The number of halogens is 2. The van der Waals surface area contributed by atoms with E-state index in [4.69, 9.17) is 27.4 Å². The summed E-state index contributed by atoms with van der Waals surface area (Å²) < 4.78 is 30.6. The molecular weight excluding hydrogens is 471 g/mol. The molecule has 3 rings (SSSR count). The van der Waals surface area contributed by atoms with Gasteiger partial charge in [-0.1, -0.05) is 59.1 Å². The van der Waals surface area contributed by atoms with E-state index < -0.39 is 16.0 Å². The van der Waals surface area contributed by atoms with E-state index in [1.807, 2.05) is 6.92 Å². The number of aryl methyl sites for hydroxylation is 1. The van der Waals surface area contributed by atoms with Crippen molar-refractivity contribution in [1.82, 2.24) is 0 Å². The number of benzene rings is 3. The Hall–Kier alpha value is -3.31. The molecule has 0 aliphatic heterocycles. The van der Waals surface area contributed by atoms with Crippen molar-refractivity contribution in [3.63, 3.8) is 0 Å². The first kappa shape index (κ1) is 23.4. The van der Waals surface area contributed by atoms with Crippen molar-refractivity contribution in [1.29, 1.82) is 5.26 Å². The number of carbonyl (C=O) groups is 1. The molecule has 0 saturated carbocycles. The summed E-state index contributed by atoms with van der Waals surface area (Å²) in [4.78, 5) is 12.6. The maximum atomic E-state index is 12.7. The van der Waals surface area contributed by atoms with Gasteiger partial charge < -0.3 is 9.50 Å². The molecule has 0 atom stereocenters. The fraction of sp³-hybridized carbons (Fsp3) is 0.0435. The van der Waals surface area contributed by atoms with Crippen molar-refractivity contribution in [2.45, 2.75) is 11.8 Å². The van der Waals surface area contributed by atoms with E-state index in [-0.39, 0.29) is 32.5 Å². The third-order valence-corrected chi connectivity index (χ3v) is 6.08. The van der Waals surface area contributed by atoms with Crippen LogP contribution < -0.4 is 9.50 Å². The Bertz CT molecular complexity index is 1350. The summed E-state index contributed by atoms with van der Waals surface area (Å²) in [7, 11) is -4.12. The number of nitrogens with one attached hydrogen (secondary N) is 1. The number of para-hydroxylation sites is 1. The van der Waals surface area contributed by atoms with Gasteiger partial charge >= 0.3 is 10.1 Å². The molecule has 0 aromatic heterocycles. The lowest BCUT2D eigenvalue weighted by molar-refractivity contribution is -0.112. The molecule has 0 aliphatic rings. The molecule has 162 valence electrons. The third-order valence-electron chi connectivity index (χ3n) is 4.27. The lowest BCUT2D eigenvalue weighted by Gasteiger charge is -2.10. The molecule has 3 aromatic rings. The fourth-order valence-electron chi connectivity index (χ4n) is 2.63. The third kappa shape index (κ3) is 5.68. The first-order valence-corrected chi connectivity index (χ1v) is 11.3. The molecular formula is C23H16Cl2N2O4S. The van der Waals surface area contributed by atoms with Crippen LogP contribution in [0.5, 0.6) is 5.75 Å². The van der Waals surface area contributed by atoms with E-state index in [0.717, 1.165) is 5.56 Å². The smallest absolute Gasteiger partial charge is 0.339 e. The second-order valence-electron chi connectivity index (χ2n) is 6.64. The lowest BCUT2D eigenvalue weighted by atomic mass is 10.1. The van der Waals surface area contributed by atoms with Crippen molar-refractivity contribution < 1.29 is 17.4 Å². The molecule has 0 spiro atoms. The van der Waals surface area contributed by atoms with Crippen LogP contribution in [0.15, 0.2) is 77.2 Å². The highest BCUT2D eigenvalue weighted by molar-refractivity contribution is 7.87. The minimum absolute atomic E-state index is 0.0178. The van der Waals surface area contributed by atoms with E-state index in [0.29, 0.717) is 5.02 Å². The molecule has 1 N–H and O–H groups in total. The Morgan fingerprint density at radius 3 is 2.44 bits per heavy atom. The maximum absolute atomic E-state index is 12.7. The molecule has 0 radical (unpaired) electrons. The van der Waals surface area contributed by atoms with Gasteiger partial charge in [-0.2, -0.15) is 13.7 Å². The number of anilines is 1. The minimum Gasteiger partial charge on any atom is -0.378 e. The van der Waals surface area contributed by atoms with Gasteiger partial charge in [-0.3, -0.25) is 4.79 Å². The largest absolute Gasteiger partial charge is 0.378 e. The Morgan fingerprint density at radius 1 is 1.06 bits per heavy atom. The Kier molecular flexibility index (Phi) is 7.21. The highest BCUT2D eigenvalue weighted by atomic mass is 35.5. The van der Waals surface area contributed by atoms with Gasteiger partial charge in [-0.15, -0.1) is 0 Å². The van der Waals surface area contributed by atoms with E-state index in [2.05, 4.69) is 5.32 Å². The van der Waals surface area contributed by atoms with E-state index in [1.165, 1.54) is 42.5 Å². The van der Waals surface area contributed by atoms with Crippen LogP contribution >= 0.6 is 23.2 Å². The van der Waals surface area contributed by atoms with Gasteiger partial charge in [0.05, 0.1) is 10.7 Å². The Balaban J connectivity index is 1.91. The van der Waals surface area contributed by atoms with Crippen LogP contribution in [0.2, 0.25) is 10.0 Å². The van der Waals surface area contributed by atoms with E-state index in [9.17, 15) is 18.5 Å². The van der Waals surface area contributed by atoms with E-state index in [1.54, 1.807) is 36.4 Å². The van der Waals surface area contributed by atoms with Crippen LogP contribution in [0.25, 0.3) is 6.08 Å². The van der Waals surface area contributed by atoms with Crippen LogP contribution in [0.4, 0.5) is 5.69 Å². The molecule has 0 bridgehead atoms. The molecule has 0 heterocycles. The number of carbonyl (C=O) groups excluding carboxylic acids is 1. The fourth-order valence-corrected chi connectivity index (χ4v) is 3.92. The number of hydrogen-bond donors (Lipinski definition) is 1. The summed E-state index contributed by atoms with van der Waals surface area (Å²) in [6, 6.07) is 18.6. The number of nitrogens with zero attached hydrogens (tertiary/aromatic N) is 1. The lowest BCUT2D eigenvalue weighted by Crippen LogP contribution is -2.14. The van der Waals surface area contributed by atoms with Crippen LogP contribution in [0, 0.1) is 18.3 Å². The molecule has 0 saturated heterocycles. The van der Waals surface area contributed by atoms with Gasteiger partial charge in [-0.25, -0.2) is 0 Å². The summed E-state index contributed by atoms with van der Waals surface area (Å²) in [6.45, 7) is 1.84. The highest BCUT2D eigenvalue weighted by Crippen LogP contribution is 2.28. The van der Waals surface area contributed by atoms with Crippen molar-refractivity contribution >= 4 is 51.0 Å². The van der Waals surface area contributed by atoms with Crippen molar-refractivity contribution in [2.24, 2.45) is 0 Å². The number of nitriles is 1. The molecule has 32 heavy (non-hydrogen) atoms. The normalized spacial score (nSPS) is 11.5. The van der Waals surface area contributed by atoms with Gasteiger partial charge in [0.2, 0.25) is 0 Å². The van der Waals surface area contributed by atoms with Crippen LogP contribution in [0.3, 0.4) is 0 Å². The number of hydrogen-bond acceptors (Lipinski definition) is 5. The van der Waals surface area contributed by atoms with E-state index >= 15 is 0 Å². The predicted molar refractivity (Wildman–Crippen MR) is 124 cm³/mol. The summed E-state index contributed by atoms with van der Waals surface area (Å²) in [6.07, 6.45) is 1.23. The van der Waals surface area contributed by atoms with Gasteiger partial charge in [0.1, 0.15) is 22.3 Å². The van der Waals surface area contributed by atoms with Crippen LogP contribution in [0.1, 0.15) is 11.1 Å². The standard InChI is InChI=1S/C23H16Cl2N2O4S/c1-15-6-9-19(10-7-15)32(29,30)31-22-5-3-2-4-16(22)12-17(14-26)23(28)27-21-13-18(24)8-11-20(21)25/h2-13H,1H3,(H,27,28)/b17-12-. The summed E-state index contributed by atoms with van der Waals surface area (Å²) in [5, 5.41) is 12.6. The number of amides is 1.